The molecule has 2 atom stereocenters. The molecular weight excluding hydrogens is 620 g/mol. The molecule has 1 N–H and O–H groups in total. The molecule has 1 saturated heterocycles. The van der Waals surface area contributed by atoms with Gasteiger partial charge in [0.1, 0.15) is 0 Å². The van der Waals surface area contributed by atoms with E-state index in [1.165, 1.54) is 4.90 Å². The number of amides is 3. The molecule has 1 heterocycles. The van der Waals surface area contributed by atoms with Crippen molar-refractivity contribution in [2.24, 2.45) is 11.8 Å². The molecular formula is C33H30BrClN2O5. The van der Waals surface area contributed by atoms with E-state index in [4.69, 9.17) is 16.3 Å². The second-order valence-electron chi connectivity index (χ2n) is 11.2. The van der Waals surface area contributed by atoms with Crippen LogP contribution in [0.5, 0.6) is 0 Å². The Morgan fingerprint density at radius 2 is 1.43 bits per heavy atom. The topological polar surface area (TPSA) is 92.8 Å². The number of imide groups is 1. The number of nitrogens with one attached hydrogen (secondary N) is 1. The highest BCUT2D eigenvalue weighted by atomic mass is 79.9. The predicted octanol–water partition coefficient (Wildman–Crippen LogP) is 6.35. The average Bonchev–Trinajstić information content (AvgIpc) is 3.24. The third kappa shape index (κ3) is 5.05. The molecule has 1 aliphatic heterocycles. The number of hydrogen-bond acceptors (Lipinski definition) is 5. The van der Waals surface area contributed by atoms with Crippen molar-refractivity contribution in [1.29, 1.82) is 0 Å². The Morgan fingerprint density at radius 1 is 0.881 bits per heavy atom. The smallest absolute Gasteiger partial charge is 0.306 e. The van der Waals surface area contributed by atoms with E-state index in [9.17, 15) is 19.2 Å². The normalized spacial score (nSPS) is 21.5. The first-order valence-electron chi connectivity index (χ1n) is 14.2. The second-order valence-corrected chi connectivity index (χ2v) is 12.5. The molecule has 216 valence electrons. The summed E-state index contributed by atoms with van der Waals surface area (Å²) >= 11 is 9.44. The molecule has 3 aliphatic carbocycles. The van der Waals surface area contributed by atoms with Gasteiger partial charge in [-0.3, -0.25) is 24.1 Å². The Morgan fingerprint density at radius 3 is 1.98 bits per heavy atom. The van der Waals surface area contributed by atoms with Crippen LogP contribution in [0.1, 0.15) is 65.3 Å². The summed E-state index contributed by atoms with van der Waals surface area (Å²) in [6, 6.07) is 19.8. The summed E-state index contributed by atoms with van der Waals surface area (Å²) < 4.78 is 5.86. The number of likely N-dealkylation sites (tertiary alicyclic amines) is 1. The zero-order valence-corrected chi connectivity index (χ0v) is 25.4. The highest BCUT2D eigenvalue weighted by Gasteiger charge is 2.61. The van der Waals surface area contributed by atoms with Crippen molar-refractivity contribution in [3.8, 4) is 0 Å². The molecule has 3 aromatic rings. The summed E-state index contributed by atoms with van der Waals surface area (Å²) in [5.41, 5.74) is 6.02. The van der Waals surface area contributed by atoms with Crippen LogP contribution in [0.15, 0.2) is 65.1 Å². The van der Waals surface area contributed by atoms with E-state index in [2.05, 4.69) is 45.5 Å². The molecule has 7 rings (SSSR count). The van der Waals surface area contributed by atoms with Crippen LogP contribution < -0.4 is 5.32 Å². The lowest BCUT2D eigenvalue weighted by Gasteiger charge is -2.45. The number of anilines is 1. The van der Waals surface area contributed by atoms with Gasteiger partial charge in [-0.2, -0.15) is 0 Å². The summed E-state index contributed by atoms with van der Waals surface area (Å²) in [6.07, 6.45) is 1.94. The maximum absolute atomic E-state index is 13.7. The summed E-state index contributed by atoms with van der Waals surface area (Å²) in [4.78, 5) is 53.2. The van der Waals surface area contributed by atoms with Gasteiger partial charge in [-0.25, -0.2) is 0 Å². The molecule has 0 spiro atoms. The first-order chi connectivity index (χ1) is 20.3. The third-order valence-corrected chi connectivity index (χ3v) is 9.91. The van der Waals surface area contributed by atoms with Gasteiger partial charge in [-0.1, -0.05) is 66.6 Å². The van der Waals surface area contributed by atoms with Crippen LogP contribution in [0, 0.1) is 18.8 Å². The summed E-state index contributed by atoms with van der Waals surface area (Å²) in [7, 11) is 0. The van der Waals surface area contributed by atoms with Gasteiger partial charge >= 0.3 is 5.97 Å². The van der Waals surface area contributed by atoms with Crippen molar-refractivity contribution in [2.45, 2.75) is 44.4 Å². The van der Waals surface area contributed by atoms with Crippen molar-refractivity contribution < 1.29 is 23.9 Å². The van der Waals surface area contributed by atoms with E-state index in [1.807, 2.05) is 31.2 Å². The molecule has 2 bridgehead atoms. The summed E-state index contributed by atoms with van der Waals surface area (Å²) in [5, 5.41) is 3.17. The molecule has 0 unspecified atom stereocenters. The van der Waals surface area contributed by atoms with Crippen LogP contribution in [0.2, 0.25) is 5.02 Å². The fourth-order valence-electron chi connectivity index (χ4n) is 6.86. The summed E-state index contributed by atoms with van der Waals surface area (Å²) in [5.74, 6) is -2.04. The molecule has 0 radical (unpaired) electrons. The van der Waals surface area contributed by atoms with Crippen molar-refractivity contribution in [3.05, 3.63) is 98.0 Å². The number of halogens is 2. The first-order valence-corrected chi connectivity index (χ1v) is 15.4. The Kier molecular flexibility index (Phi) is 7.94. The van der Waals surface area contributed by atoms with E-state index < -0.39 is 18.5 Å². The maximum Gasteiger partial charge on any atom is 0.306 e. The van der Waals surface area contributed by atoms with Gasteiger partial charge in [0.15, 0.2) is 6.61 Å². The van der Waals surface area contributed by atoms with Gasteiger partial charge in [-0.05, 0) is 75.6 Å². The second kappa shape index (κ2) is 11.7. The zero-order chi connectivity index (χ0) is 29.5. The van der Waals surface area contributed by atoms with E-state index >= 15 is 0 Å². The van der Waals surface area contributed by atoms with E-state index in [0.717, 1.165) is 32.3 Å². The maximum atomic E-state index is 13.7. The number of esters is 1. The molecule has 3 amide bonds. The number of carbonyl (C=O) groups excluding carboxylic acids is 4. The Hall–Kier alpha value is -3.49. The number of nitrogens with zero attached hydrogens (tertiary/aromatic N) is 1. The van der Waals surface area contributed by atoms with Crippen LogP contribution in [0.4, 0.5) is 5.69 Å². The monoisotopic (exact) mass is 648 g/mol. The fraction of sp³-hybridized carbons (Fsp3) is 0.333. The Bertz CT molecular complexity index is 1490. The quantitative estimate of drug-likeness (QED) is 0.166. The van der Waals surface area contributed by atoms with Crippen LogP contribution in [-0.4, -0.2) is 41.7 Å². The van der Waals surface area contributed by atoms with Crippen LogP contribution in [0.3, 0.4) is 0 Å². The Labute approximate surface area is 257 Å². The van der Waals surface area contributed by atoms with E-state index in [-0.39, 0.29) is 41.9 Å². The SMILES string of the molecule is Cc1cc(Br)c(Cl)cc1NC(=O)COC(=O)CCCCCN1C(=O)[C@@H]2C3c4ccccc4C(c4ccccc43)[C@@H]2C1=O. The minimum atomic E-state index is -0.470. The van der Waals surface area contributed by atoms with Crippen LogP contribution in [-0.2, 0) is 23.9 Å². The number of benzene rings is 3. The third-order valence-electron chi connectivity index (χ3n) is 8.71. The minimum absolute atomic E-state index is 0.0864. The standard InChI is InChI=1S/C33H30BrClN2O5/c1-18-15-23(34)24(35)16-25(18)36-26(38)17-42-27(39)13-3-2-8-14-37-32(40)30-28-19-9-4-5-10-20(19)29(31(30)33(37)41)22-12-7-6-11-21(22)28/h4-7,9-12,15-16,28-31H,2-3,8,13-14,17H2,1H3,(H,36,38)/t28?,29?,30-,31+. The lowest BCUT2D eigenvalue weighted by molar-refractivity contribution is -0.147. The average molecular weight is 650 g/mol. The molecule has 3 aromatic carbocycles. The fourth-order valence-corrected chi connectivity index (χ4v) is 7.48. The molecule has 0 saturated carbocycles. The predicted molar refractivity (Wildman–Crippen MR) is 162 cm³/mol. The molecule has 4 aliphatic rings. The van der Waals surface area contributed by atoms with Gasteiger partial charge in [-0.15, -0.1) is 0 Å². The van der Waals surface area contributed by atoms with Gasteiger partial charge in [0, 0.05) is 35.0 Å². The number of ether oxygens (including phenoxy) is 1. The molecule has 9 heteroatoms. The largest absolute Gasteiger partial charge is 0.456 e. The molecule has 7 nitrogen and oxygen atoms in total. The highest BCUT2D eigenvalue weighted by Crippen LogP contribution is 2.60. The molecule has 1 fully saturated rings. The number of hydrogen-bond donors (Lipinski definition) is 1. The van der Waals surface area contributed by atoms with Gasteiger partial charge in [0.2, 0.25) is 11.8 Å². The minimum Gasteiger partial charge on any atom is -0.456 e. The van der Waals surface area contributed by atoms with E-state index in [1.54, 1.807) is 12.1 Å². The van der Waals surface area contributed by atoms with Crippen molar-refractivity contribution in [2.75, 3.05) is 18.5 Å². The van der Waals surface area contributed by atoms with Crippen LogP contribution >= 0.6 is 27.5 Å². The number of rotatable bonds is 9. The van der Waals surface area contributed by atoms with Crippen molar-refractivity contribution >= 4 is 56.9 Å². The highest BCUT2D eigenvalue weighted by molar-refractivity contribution is 9.10. The van der Waals surface area contributed by atoms with Gasteiger partial charge < -0.3 is 10.1 Å². The lowest BCUT2D eigenvalue weighted by atomic mass is 9.55. The van der Waals surface area contributed by atoms with E-state index in [0.29, 0.717) is 36.5 Å². The van der Waals surface area contributed by atoms with Crippen molar-refractivity contribution in [3.63, 3.8) is 0 Å². The number of carbonyl (C=O) groups is 4. The molecule has 42 heavy (non-hydrogen) atoms. The number of unbranched alkanes of at least 4 members (excludes halogenated alkanes) is 2. The van der Waals surface area contributed by atoms with Crippen LogP contribution in [0.25, 0.3) is 0 Å². The van der Waals surface area contributed by atoms with Gasteiger partial charge in [0.25, 0.3) is 5.91 Å². The lowest BCUT2D eigenvalue weighted by Crippen LogP contribution is -2.41. The molecule has 0 aromatic heterocycles. The Balaban J connectivity index is 0.992. The first kappa shape index (κ1) is 28.6. The van der Waals surface area contributed by atoms with Gasteiger partial charge in [0.05, 0.1) is 16.9 Å². The van der Waals surface area contributed by atoms with Crippen molar-refractivity contribution in [1.82, 2.24) is 4.90 Å². The summed E-state index contributed by atoms with van der Waals surface area (Å²) in [6.45, 7) is 1.78. The zero-order valence-electron chi connectivity index (χ0n) is 23.1. The number of aryl methyl sites for hydroxylation is 1.